The first-order valence-corrected chi connectivity index (χ1v) is 5.31. The SMILES string of the molecule is Nc1cc(-c2ccc(OCC(F)(F)F)cc2)ncn1. The number of alkyl halides is 3. The molecule has 1 aromatic heterocycles. The minimum Gasteiger partial charge on any atom is -0.484 e. The lowest BCUT2D eigenvalue weighted by Crippen LogP contribution is -2.19. The van der Waals surface area contributed by atoms with Gasteiger partial charge in [0.1, 0.15) is 17.9 Å². The quantitative estimate of drug-likeness (QED) is 0.930. The number of ether oxygens (including phenoxy) is 1. The predicted octanol–water partition coefficient (Wildman–Crippen LogP) is 2.67. The third kappa shape index (κ3) is 3.84. The summed E-state index contributed by atoms with van der Waals surface area (Å²) in [5.74, 6) is 0.463. The van der Waals surface area contributed by atoms with E-state index in [0.717, 1.165) is 0 Å². The van der Waals surface area contributed by atoms with Crippen LogP contribution in [-0.2, 0) is 0 Å². The van der Waals surface area contributed by atoms with Gasteiger partial charge in [0.2, 0.25) is 0 Å². The molecule has 0 bridgehead atoms. The molecule has 2 rings (SSSR count). The Morgan fingerprint density at radius 2 is 1.79 bits per heavy atom. The van der Waals surface area contributed by atoms with Crippen molar-refractivity contribution in [1.82, 2.24) is 9.97 Å². The predicted molar refractivity (Wildman–Crippen MR) is 63.4 cm³/mol. The van der Waals surface area contributed by atoms with E-state index in [0.29, 0.717) is 17.1 Å². The average Bonchev–Trinajstić information content (AvgIpc) is 2.36. The van der Waals surface area contributed by atoms with Crippen LogP contribution in [0.1, 0.15) is 0 Å². The van der Waals surface area contributed by atoms with Crippen LogP contribution in [0.2, 0.25) is 0 Å². The lowest BCUT2D eigenvalue weighted by molar-refractivity contribution is -0.153. The van der Waals surface area contributed by atoms with E-state index < -0.39 is 12.8 Å². The molecule has 1 heterocycles. The highest BCUT2D eigenvalue weighted by atomic mass is 19.4. The molecule has 0 fully saturated rings. The van der Waals surface area contributed by atoms with Crippen molar-refractivity contribution in [3.8, 4) is 17.0 Å². The smallest absolute Gasteiger partial charge is 0.422 e. The Morgan fingerprint density at radius 1 is 1.11 bits per heavy atom. The van der Waals surface area contributed by atoms with Crippen molar-refractivity contribution in [2.24, 2.45) is 0 Å². The molecule has 0 radical (unpaired) electrons. The third-order valence-corrected chi connectivity index (χ3v) is 2.24. The number of rotatable bonds is 3. The standard InChI is InChI=1S/C12H10F3N3O/c13-12(14,15)6-19-9-3-1-8(2-4-9)10-5-11(16)18-7-17-10/h1-5,7H,6H2,(H2,16,17,18). The van der Waals surface area contributed by atoms with Gasteiger partial charge < -0.3 is 10.5 Å². The van der Waals surface area contributed by atoms with Crippen molar-refractivity contribution in [1.29, 1.82) is 0 Å². The molecule has 0 aliphatic carbocycles. The number of benzene rings is 1. The molecule has 0 unspecified atom stereocenters. The van der Waals surface area contributed by atoms with E-state index in [4.69, 9.17) is 5.73 Å². The largest absolute Gasteiger partial charge is 0.484 e. The van der Waals surface area contributed by atoms with Gasteiger partial charge in [-0.15, -0.1) is 0 Å². The first-order valence-electron chi connectivity index (χ1n) is 5.31. The number of hydrogen-bond donors (Lipinski definition) is 1. The highest BCUT2D eigenvalue weighted by Gasteiger charge is 2.28. The maximum atomic E-state index is 12.0. The minimum absolute atomic E-state index is 0.142. The van der Waals surface area contributed by atoms with Crippen LogP contribution >= 0.6 is 0 Å². The summed E-state index contributed by atoms with van der Waals surface area (Å²) in [6.45, 7) is -1.31. The summed E-state index contributed by atoms with van der Waals surface area (Å²) in [6.07, 6.45) is -3.03. The molecular weight excluding hydrogens is 259 g/mol. The topological polar surface area (TPSA) is 61.0 Å². The van der Waals surface area contributed by atoms with Crippen LogP contribution in [0.4, 0.5) is 19.0 Å². The Hall–Kier alpha value is -2.31. The normalized spacial score (nSPS) is 11.3. The van der Waals surface area contributed by atoms with E-state index in [1.807, 2.05) is 0 Å². The van der Waals surface area contributed by atoms with Crippen molar-refractivity contribution in [3.63, 3.8) is 0 Å². The molecule has 7 heteroatoms. The fourth-order valence-electron chi connectivity index (χ4n) is 1.42. The van der Waals surface area contributed by atoms with Crippen molar-refractivity contribution < 1.29 is 17.9 Å². The van der Waals surface area contributed by atoms with Gasteiger partial charge in [-0.3, -0.25) is 0 Å². The fourth-order valence-corrected chi connectivity index (χ4v) is 1.42. The van der Waals surface area contributed by atoms with Gasteiger partial charge in [0.25, 0.3) is 0 Å². The summed E-state index contributed by atoms with van der Waals surface area (Å²) in [6, 6.07) is 7.67. The van der Waals surface area contributed by atoms with Gasteiger partial charge in [0.15, 0.2) is 6.61 Å². The minimum atomic E-state index is -4.35. The van der Waals surface area contributed by atoms with Gasteiger partial charge in [-0.1, -0.05) is 0 Å². The van der Waals surface area contributed by atoms with E-state index >= 15 is 0 Å². The number of halogens is 3. The van der Waals surface area contributed by atoms with Crippen molar-refractivity contribution >= 4 is 5.82 Å². The summed E-state index contributed by atoms with van der Waals surface area (Å²) in [4.78, 5) is 7.77. The average molecular weight is 269 g/mol. The van der Waals surface area contributed by atoms with Gasteiger partial charge in [-0.2, -0.15) is 13.2 Å². The molecular formula is C12H10F3N3O. The molecule has 2 N–H and O–H groups in total. The van der Waals surface area contributed by atoms with Crippen molar-refractivity contribution in [3.05, 3.63) is 36.7 Å². The number of nitrogens with two attached hydrogens (primary N) is 1. The van der Waals surface area contributed by atoms with E-state index in [2.05, 4.69) is 14.7 Å². The molecule has 0 atom stereocenters. The monoisotopic (exact) mass is 269 g/mol. The number of hydrogen-bond acceptors (Lipinski definition) is 4. The van der Waals surface area contributed by atoms with Crippen molar-refractivity contribution in [2.75, 3.05) is 12.3 Å². The number of nitrogens with zero attached hydrogens (tertiary/aromatic N) is 2. The molecule has 100 valence electrons. The second-order valence-electron chi connectivity index (χ2n) is 3.76. The molecule has 0 saturated carbocycles. The highest BCUT2D eigenvalue weighted by molar-refractivity contribution is 5.62. The summed E-state index contributed by atoms with van der Waals surface area (Å²) in [5, 5.41) is 0. The van der Waals surface area contributed by atoms with Crippen LogP contribution in [-0.4, -0.2) is 22.8 Å². The second-order valence-corrected chi connectivity index (χ2v) is 3.76. The van der Waals surface area contributed by atoms with E-state index in [1.54, 1.807) is 18.2 Å². The Balaban J connectivity index is 2.10. The molecule has 0 spiro atoms. The molecule has 0 saturated heterocycles. The van der Waals surface area contributed by atoms with Crippen LogP contribution in [0, 0.1) is 0 Å². The first kappa shape index (κ1) is 13.1. The number of anilines is 1. The van der Waals surface area contributed by atoms with Gasteiger partial charge in [-0.05, 0) is 24.3 Å². The molecule has 0 amide bonds. The maximum absolute atomic E-state index is 12.0. The zero-order valence-electron chi connectivity index (χ0n) is 9.69. The number of nitrogen functional groups attached to an aromatic ring is 1. The molecule has 0 aliphatic heterocycles. The summed E-state index contributed by atoms with van der Waals surface area (Å²) >= 11 is 0. The van der Waals surface area contributed by atoms with E-state index in [1.165, 1.54) is 18.5 Å². The number of aromatic nitrogens is 2. The van der Waals surface area contributed by atoms with Gasteiger partial charge in [0, 0.05) is 11.6 Å². The lowest BCUT2D eigenvalue weighted by Gasteiger charge is -2.09. The molecule has 19 heavy (non-hydrogen) atoms. The fraction of sp³-hybridized carbons (Fsp3) is 0.167. The maximum Gasteiger partial charge on any atom is 0.422 e. The molecule has 4 nitrogen and oxygen atoms in total. The molecule has 2 aromatic rings. The Labute approximate surface area is 107 Å². The van der Waals surface area contributed by atoms with Gasteiger partial charge >= 0.3 is 6.18 Å². The van der Waals surface area contributed by atoms with Gasteiger partial charge in [-0.25, -0.2) is 9.97 Å². The van der Waals surface area contributed by atoms with Gasteiger partial charge in [0.05, 0.1) is 5.69 Å². The van der Waals surface area contributed by atoms with Crippen LogP contribution < -0.4 is 10.5 Å². The van der Waals surface area contributed by atoms with Crippen molar-refractivity contribution in [2.45, 2.75) is 6.18 Å². The highest BCUT2D eigenvalue weighted by Crippen LogP contribution is 2.23. The Kier molecular flexibility index (Phi) is 3.55. The second kappa shape index (κ2) is 5.13. The van der Waals surface area contributed by atoms with E-state index in [-0.39, 0.29) is 5.75 Å². The lowest BCUT2D eigenvalue weighted by atomic mass is 10.1. The van der Waals surface area contributed by atoms with Crippen LogP contribution in [0.5, 0.6) is 5.75 Å². The summed E-state index contributed by atoms with van der Waals surface area (Å²) in [5.41, 5.74) is 6.83. The Bertz CT molecular complexity index is 555. The van der Waals surface area contributed by atoms with E-state index in [9.17, 15) is 13.2 Å². The summed E-state index contributed by atoms with van der Waals surface area (Å²) < 4.78 is 40.5. The van der Waals surface area contributed by atoms with Crippen LogP contribution in [0.15, 0.2) is 36.7 Å². The molecule has 0 aliphatic rings. The zero-order valence-corrected chi connectivity index (χ0v) is 9.69. The summed E-state index contributed by atoms with van der Waals surface area (Å²) in [7, 11) is 0. The van der Waals surface area contributed by atoms with Crippen LogP contribution in [0.3, 0.4) is 0 Å². The molecule has 1 aromatic carbocycles. The zero-order chi connectivity index (χ0) is 13.9. The first-order chi connectivity index (χ1) is 8.94. The Morgan fingerprint density at radius 3 is 2.37 bits per heavy atom. The van der Waals surface area contributed by atoms with Crippen LogP contribution in [0.25, 0.3) is 11.3 Å². The third-order valence-electron chi connectivity index (χ3n) is 2.24.